The quantitative estimate of drug-likeness (QED) is 0.444. The number of rotatable bonds is 10. The largest absolute Gasteiger partial charge is 0.355 e. The summed E-state index contributed by atoms with van der Waals surface area (Å²) >= 11 is 2.13. The van der Waals surface area contributed by atoms with Crippen molar-refractivity contribution in [2.24, 2.45) is 0 Å². The lowest BCUT2D eigenvalue weighted by atomic mass is 10.1. The molecule has 2 aromatic carbocycles. The Labute approximate surface area is 204 Å². The molecule has 9 heteroatoms. The lowest BCUT2D eigenvalue weighted by molar-refractivity contribution is -0.140. The smallest absolute Gasteiger partial charge is 0.244 e. The molecule has 0 aliphatic carbocycles. The number of carbonyl (C=O) groups is 2. The predicted octanol–water partition coefficient (Wildman–Crippen LogP) is 3.31. The van der Waals surface area contributed by atoms with Gasteiger partial charge < -0.3 is 10.2 Å². The van der Waals surface area contributed by atoms with Crippen LogP contribution in [0.1, 0.15) is 31.4 Å². The fraction of sp³-hybridized carbons (Fsp3) is 0.391. The summed E-state index contributed by atoms with van der Waals surface area (Å²) in [6.45, 7) is 5.88. The highest BCUT2D eigenvalue weighted by molar-refractivity contribution is 14.1. The molecule has 2 aromatic rings. The van der Waals surface area contributed by atoms with Crippen LogP contribution in [0.5, 0.6) is 0 Å². The van der Waals surface area contributed by atoms with Crippen LogP contribution in [0.15, 0.2) is 48.5 Å². The van der Waals surface area contributed by atoms with Crippen LogP contribution in [0.3, 0.4) is 0 Å². The average Bonchev–Trinajstić information content (AvgIpc) is 2.72. The summed E-state index contributed by atoms with van der Waals surface area (Å²) in [7, 11) is -3.72. The van der Waals surface area contributed by atoms with Gasteiger partial charge in [0, 0.05) is 16.7 Å². The van der Waals surface area contributed by atoms with E-state index in [1.165, 1.54) is 4.90 Å². The van der Waals surface area contributed by atoms with Crippen LogP contribution >= 0.6 is 22.6 Å². The number of anilines is 1. The summed E-state index contributed by atoms with van der Waals surface area (Å²) in [6, 6.07) is 13.9. The zero-order valence-corrected chi connectivity index (χ0v) is 21.8. The third-order valence-corrected chi connectivity index (χ3v) is 6.83. The van der Waals surface area contributed by atoms with Crippen molar-refractivity contribution < 1.29 is 18.0 Å². The second-order valence-corrected chi connectivity index (χ2v) is 10.7. The lowest BCUT2D eigenvalue weighted by Gasteiger charge is -2.32. The molecule has 0 fully saturated rings. The van der Waals surface area contributed by atoms with Crippen LogP contribution in [0.4, 0.5) is 5.69 Å². The zero-order valence-electron chi connectivity index (χ0n) is 18.8. The van der Waals surface area contributed by atoms with Gasteiger partial charge in [0.1, 0.15) is 12.6 Å². The molecule has 0 bridgehead atoms. The van der Waals surface area contributed by atoms with Crippen LogP contribution in [-0.2, 0) is 26.2 Å². The molecule has 0 aliphatic heterocycles. The van der Waals surface area contributed by atoms with Gasteiger partial charge in [0.15, 0.2) is 0 Å². The van der Waals surface area contributed by atoms with E-state index in [-0.39, 0.29) is 19.0 Å². The number of sulfonamides is 1. The third kappa shape index (κ3) is 7.19. The Kier molecular flexibility index (Phi) is 9.50. The van der Waals surface area contributed by atoms with Gasteiger partial charge in [0.2, 0.25) is 21.8 Å². The molecule has 7 nitrogen and oxygen atoms in total. The highest BCUT2D eigenvalue weighted by Crippen LogP contribution is 2.21. The van der Waals surface area contributed by atoms with Gasteiger partial charge >= 0.3 is 0 Å². The van der Waals surface area contributed by atoms with Crippen molar-refractivity contribution in [1.29, 1.82) is 0 Å². The van der Waals surface area contributed by atoms with Gasteiger partial charge in [-0.1, -0.05) is 36.8 Å². The topological polar surface area (TPSA) is 86.8 Å². The van der Waals surface area contributed by atoms with E-state index in [1.807, 2.05) is 45.0 Å². The summed E-state index contributed by atoms with van der Waals surface area (Å²) in [5.74, 6) is -0.690. The highest BCUT2D eigenvalue weighted by atomic mass is 127. The van der Waals surface area contributed by atoms with Crippen molar-refractivity contribution in [3.63, 3.8) is 0 Å². The Morgan fingerprint density at radius 1 is 1.09 bits per heavy atom. The molecule has 0 aliphatic rings. The molecule has 0 radical (unpaired) electrons. The van der Waals surface area contributed by atoms with E-state index in [2.05, 4.69) is 27.9 Å². The average molecular weight is 571 g/mol. The van der Waals surface area contributed by atoms with E-state index >= 15 is 0 Å². The predicted molar refractivity (Wildman–Crippen MR) is 136 cm³/mol. The number of likely N-dealkylation sites (N-methyl/N-ethyl adjacent to an activating group) is 1. The minimum atomic E-state index is -3.72. The summed E-state index contributed by atoms with van der Waals surface area (Å²) in [5.41, 5.74) is 2.32. The molecule has 0 saturated carbocycles. The number of hydrogen-bond acceptors (Lipinski definition) is 4. The monoisotopic (exact) mass is 571 g/mol. The van der Waals surface area contributed by atoms with Gasteiger partial charge in [-0.05, 0) is 72.7 Å². The van der Waals surface area contributed by atoms with Crippen molar-refractivity contribution >= 4 is 50.1 Å². The molecule has 174 valence electrons. The Bertz CT molecular complexity index is 1040. The Hall–Kier alpha value is -2.14. The van der Waals surface area contributed by atoms with Crippen molar-refractivity contribution in [3.8, 4) is 0 Å². The maximum absolute atomic E-state index is 13.5. The number of amides is 2. The minimum absolute atomic E-state index is 0.209. The standard InChI is InChI=1S/C23H30IN3O4S/c1-5-21(23(29)25-6-2)26(15-18-9-7-8-17(3)14-18)22(28)16-27(32(4,30)31)20-12-10-19(24)11-13-20/h7-14,21H,5-6,15-16H2,1-4H3,(H,25,29)/t21-/m0/s1. The van der Waals surface area contributed by atoms with Gasteiger partial charge in [-0.15, -0.1) is 0 Å². The molecule has 2 amide bonds. The molecule has 0 spiro atoms. The molecule has 2 rings (SSSR count). The first kappa shape index (κ1) is 26.1. The van der Waals surface area contributed by atoms with Gasteiger partial charge in [0.05, 0.1) is 11.9 Å². The molecule has 1 atom stereocenters. The molecule has 0 saturated heterocycles. The van der Waals surface area contributed by atoms with Crippen LogP contribution in [0.2, 0.25) is 0 Å². The molecule has 0 heterocycles. The first-order valence-corrected chi connectivity index (χ1v) is 13.4. The van der Waals surface area contributed by atoms with E-state index in [1.54, 1.807) is 24.3 Å². The Morgan fingerprint density at radius 2 is 1.75 bits per heavy atom. The van der Waals surface area contributed by atoms with Gasteiger partial charge in [-0.3, -0.25) is 13.9 Å². The second-order valence-electron chi connectivity index (χ2n) is 7.58. The molecule has 32 heavy (non-hydrogen) atoms. The molecular weight excluding hydrogens is 541 g/mol. The van der Waals surface area contributed by atoms with E-state index in [4.69, 9.17) is 0 Å². The van der Waals surface area contributed by atoms with E-state index in [9.17, 15) is 18.0 Å². The summed E-state index contributed by atoms with van der Waals surface area (Å²) in [4.78, 5) is 27.7. The number of halogens is 1. The molecule has 0 unspecified atom stereocenters. The molecular formula is C23H30IN3O4S. The number of aryl methyl sites for hydroxylation is 1. The zero-order chi connectivity index (χ0) is 23.9. The fourth-order valence-electron chi connectivity index (χ4n) is 3.44. The van der Waals surface area contributed by atoms with Crippen molar-refractivity contribution in [1.82, 2.24) is 10.2 Å². The lowest BCUT2D eigenvalue weighted by Crippen LogP contribution is -2.52. The number of benzene rings is 2. The summed E-state index contributed by atoms with van der Waals surface area (Å²) < 4.78 is 27.1. The SMILES string of the molecule is CCNC(=O)[C@H](CC)N(Cc1cccc(C)c1)C(=O)CN(c1ccc(I)cc1)S(C)(=O)=O. The number of nitrogens with zero attached hydrogens (tertiary/aromatic N) is 2. The third-order valence-electron chi connectivity index (χ3n) is 4.97. The number of nitrogens with one attached hydrogen (secondary N) is 1. The summed E-state index contributed by atoms with van der Waals surface area (Å²) in [6.07, 6.45) is 1.48. The van der Waals surface area contributed by atoms with E-state index in [0.717, 1.165) is 25.3 Å². The van der Waals surface area contributed by atoms with Crippen LogP contribution in [-0.4, -0.2) is 50.5 Å². The molecule has 0 aromatic heterocycles. The number of hydrogen-bond donors (Lipinski definition) is 1. The van der Waals surface area contributed by atoms with E-state index < -0.39 is 22.0 Å². The van der Waals surface area contributed by atoms with Crippen molar-refractivity contribution in [2.45, 2.75) is 39.8 Å². The maximum atomic E-state index is 13.5. The van der Waals surface area contributed by atoms with Crippen molar-refractivity contribution in [3.05, 3.63) is 63.2 Å². The Morgan fingerprint density at radius 3 is 2.28 bits per heavy atom. The van der Waals surface area contributed by atoms with Crippen LogP contribution < -0.4 is 9.62 Å². The highest BCUT2D eigenvalue weighted by Gasteiger charge is 2.31. The van der Waals surface area contributed by atoms with Gasteiger partial charge in [-0.25, -0.2) is 8.42 Å². The first-order valence-electron chi connectivity index (χ1n) is 10.4. The fourth-order valence-corrected chi connectivity index (χ4v) is 4.65. The maximum Gasteiger partial charge on any atom is 0.244 e. The normalized spacial score (nSPS) is 12.2. The molecule has 1 N–H and O–H groups in total. The second kappa shape index (κ2) is 11.6. The minimum Gasteiger partial charge on any atom is -0.355 e. The van der Waals surface area contributed by atoms with E-state index in [0.29, 0.717) is 18.7 Å². The van der Waals surface area contributed by atoms with Crippen LogP contribution in [0, 0.1) is 10.5 Å². The van der Waals surface area contributed by atoms with Crippen LogP contribution in [0.25, 0.3) is 0 Å². The Balaban J connectivity index is 2.42. The first-order chi connectivity index (χ1) is 15.1. The van der Waals surface area contributed by atoms with Crippen molar-refractivity contribution in [2.75, 3.05) is 23.7 Å². The van der Waals surface area contributed by atoms with Gasteiger partial charge in [0.25, 0.3) is 0 Å². The van der Waals surface area contributed by atoms with Gasteiger partial charge in [-0.2, -0.15) is 0 Å². The number of carbonyl (C=O) groups excluding carboxylic acids is 2. The summed E-state index contributed by atoms with van der Waals surface area (Å²) in [5, 5.41) is 2.79.